The van der Waals surface area contributed by atoms with E-state index < -0.39 is 15.5 Å². The Labute approximate surface area is 79.9 Å². The van der Waals surface area contributed by atoms with Crippen LogP contribution in [0.2, 0.25) is 0 Å². The van der Waals surface area contributed by atoms with Gasteiger partial charge in [-0.1, -0.05) is 0 Å². The molecular weight excluding hydrogens is 221 g/mol. The maximum absolute atomic E-state index is 11.8. The Morgan fingerprint density at radius 1 is 1.43 bits per heavy atom. The second-order valence-corrected chi connectivity index (χ2v) is 4.85. The molecule has 1 aliphatic heterocycles. The van der Waals surface area contributed by atoms with Crippen LogP contribution in [0, 0.1) is 0 Å². The molecule has 0 aromatic heterocycles. The Kier molecular flexibility index (Phi) is 3.38. The molecule has 14 heavy (non-hydrogen) atoms. The molecule has 0 radical (unpaired) electrons. The van der Waals surface area contributed by atoms with Crippen LogP contribution in [0.1, 0.15) is 12.8 Å². The predicted octanol–water partition coefficient (Wildman–Crippen LogP) is 0.178. The molecule has 0 aliphatic carbocycles. The Morgan fingerprint density at radius 2 is 2.07 bits per heavy atom. The summed E-state index contributed by atoms with van der Waals surface area (Å²) >= 11 is 0. The van der Waals surface area contributed by atoms with Gasteiger partial charge in [0.25, 0.3) is 0 Å². The highest BCUT2D eigenvalue weighted by Crippen LogP contribution is 2.21. The molecule has 0 saturated carbocycles. The molecule has 1 rings (SSSR count). The molecule has 2 N–H and O–H groups in total. The summed E-state index contributed by atoms with van der Waals surface area (Å²) in [6.45, 7) is 0.514. The first-order valence-electron chi connectivity index (χ1n) is 4.12. The van der Waals surface area contributed by atoms with Gasteiger partial charge in [-0.25, -0.2) is 13.1 Å². The summed E-state index contributed by atoms with van der Waals surface area (Å²) in [5, 5.41) is 2.89. The summed E-state index contributed by atoms with van der Waals surface area (Å²) in [5.41, 5.74) is -5.22. The zero-order valence-electron chi connectivity index (χ0n) is 7.26. The van der Waals surface area contributed by atoms with Crippen molar-refractivity contribution < 1.29 is 21.6 Å². The lowest BCUT2D eigenvalue weighted by Gasteiger charge is -2.13. The topological polar surface area (TPSA) is 58.2 Å². The maximum atomic E-state index is 11.8. The number of sulfonamides is 1. The van der Waals surface area contributed by atoms with Crippen LogP contribution < -0.4 is 10.0 Å². The monoisotopic (exact) mass is 232 g/mol. The van der Waals surface area contributed by atoms with E-state index in [1.807, 2.05) is 0 Å². The molecule has 1 aliphatic rings. The highest BCUT2D eigenvalue weighted by atomic mass is 32.2. The molecule has 0 aromatic rings. The normalized spacial score (nSPS) is 24.1. The number of hydrogen-bond acceptors (Lipinski definition) is 3. The minimum Gasteiger partial charge on any atom is -0.313 e. The Bertz CT molecular complexity index is 282. The largest absolute Gasteiger partial charge is 0.511 e. The van der Waals surface area contributed by atoms with Crippen molar-refractivity contribution in [2.24, 2.45) is 0 Å². The van der Waals surface area contributed by atoms with E-state index in [4.69, 9.17) is 0 Å². The standard InChI is InChI=1S/C6H11F3N2O2S/c7-6(8,9)14(12,13)11-4-5-2-1-3-10-5/h5,10-11H,1-4H2/t5-/m0/s1. The Morgan fingerprint density at radius 3 is 2.50 bits per heavy atom. The third kappa shape index (κ3) is 2.82. The van der Waals surface area contributed by atoms with E-state index in [1.165, 1.54) is 4.72 Å². The third-order valence-corrected chi connectivity index (χ3v) is 3.14. The molecule has 0 bridgehead atoms. The average Bonchev–Trinajstić information content (AvgIpc) is 2.50. The first-order chi connectivity index (χ1) is 6.33. The van der Waals surface area contributed by atoms with E-state index >= 15 is 0 Å². The fraction of sp³-hybridized carbons (Fsp3) is 1.00. The maximum Gasteiger partial charge on any atom is 0.511 e. The zero-order chi connectivity index (χ0) is 10.8. The molecular formula is C6H11F3N2O2S. The summed E-state index contributed by atoms with van der Waals surface area (Å²) in [6.07, 6.45) is 1.55. The van der Waals surface area contributed by atoms with E-state index in [0.29, 0.717) is 6.42 Å². The van der Waals surface area contributed by atoms with Gasteiger partial charge in [0.1, 0.15) is 0 Å². The zero-order valence-corrected chi connectivity index (χ0v) is 8.08. The summed E-state index contributed by atoms with van der Waals surface area (Å²) in [6, 6.07) is -0.188. The SMILES string of the molecule is O=S(=O)(NC[C@@H]1CCCN1)C(F)(F)F. The van der Waals surface area contributed by atoms with Crippen LogP contribution in [-0.4, -0.2) is 33.1 Å². The van der Waals surface area contributed by atoms with Crippen molar-refractivity contribution in [2.45, 2.75) is 24.4 Å². The van der Waals surface area contributed by atoms with Gasteiger partial charge in [0, 0.05) is 12.6 Å². The minimum atomic E-state index is -5.22. The number of rotatable bonds is 3. The van der Waals surface area contributed by atoms with Crippen LogP contribution in [0.3, 0.4) is 0 Å². The summed E-state index contributed by atoms with van der Waals surface area (Å²) in [4.78, 5) is 0. The van der Waals surface area contributed by atoms with E-state index in [9.17, 15) is 21.6 Å². The summed E-state index contributed by atoms with van der Waals surface area (Å²) < 4.78 is 58.1. The van der Waals surface area contributed by atoms with Gasteiger partial charge in [-0.2, -0.15) is 13.2 Å². The second-order valence-electron chi connectivity index (χ2n) is 3.09. The van der Waals surface area contributed by atoms with Crippen molar-refractivity contribution in [1.82, 2.24) is 10.0 Å². The van der Waals surface area contributed by atoms with Crippen LogP contribution in [0.5, 0.6) is 0 Å². The number of hydrogen-bond donors (Lipinski definition) is 2. The van der Waals surface area contributed by atoms with Crippen molar-refractivity contribution in [2.75, 3.05) is 13.1 Å². The van der Waals surface area contributed by atoms with Gasteiger partial charge in [0.2, 0.25) is 0 Å². The van der Waals surface area contributed by atoms with Crippen LogP contribution in [0.25, 0.3) is 0 Å². The van der Waals surface area contributed by atoms with E-state index in [-0.39, 0.29) is 12.6 Å². The minimum absolute atomic E-state index is 0.188. The van der Waals surface area contributed by atoms with E-state index in [0.717, 1.165) is 13.0 Å². The fourth-order valence-electron chi connectivity index (χ4n) is 1.22. The van der Waals surface area contributed by atoms with Crippen molar-refractivity contribution in [3.8, 4) is 0 Å². The van der Waals surface area contributed by atoms with E-state index in [2.05, 4.69) is 5.32 Å². The molecule has 84 valence electrons. The molecule has 1 saturated heterocycles. The fourth-order valence-corrected chi connectivity index (χ4v) is 1.81. The van der Waals surface area contributed by atoms with Gasteiger partial charge in [0.05, 0.1) is 0 Å². The van der Waals surface area contributed by atoms with Gasteiger partial charge < -0.3 is 5.32 Å². The van der Waals surface area contributed by atoms with Gasteiger partial charge in [0.15, 0.2) is 0 Å². The highest BCUT2D eigenvalue weighted by Gasteiger charge is 2.45. The number of nitrogens with one attached hydrogen (secondary N) is 2. The lowest BCUT2D eigenvalue weighted by Crippen LogP contribution is -2.42. The molecule has 0 amide bonds. The number of alkyl halides is 3. The molecule has 1 heterocycles. The van der Waals surface area contributed by atoms with Crippen LogP contribution in [-0.2, 0) is 10.0 Å². The molecule has 0 spiro atoms. The first kappa shape index (κ1) is 11.7. The average molecular weight is 232 g/mol. The molecule has 1 atom stereocenters. The third-order valence-electron chi connectivity index (χ3n) is 1.99. The van der Waals surface area contributed by atoms with Crippen molar-refractivity contribution >= 4 is 10.0 Å². The van der Waals surface area contributed by atoms with Gasteiger partial charge >= 0.3 is 15.5 Å². The predicted molar refractivity (Wildman–Crippen MR) is 44.0 cm³/mol. The highest BCUT2D eigenvalue weighted by molar-refractivity contribution is 7.90. The summed E-state index contributed by atoms with van der Waals surface area (Å²) in [5.74, 6) is 0. The summed E-state index contributed by atoms with van der Waals surface area (Å²) in [7, 11) is -5.18. The Hall–Kier alpha value is -0.340. The second kappa shape index (κ2) is 4.03. The van der Waals surface area contributed by atoms with Gasteiger partial charge in [-0.05, 0) is 19.4 Å². The van der Waals surface area contributed by atoms with Crippen LogP contribution in [0.15, 0.2) is 0 Å². The number of halogens is 3. The van der Waals surface area contributed by atoms with Crippen molar-refractivity contribution in [3.05, 3.63) is 0 Å². The Balaban J connectivity index is 2.44. The quantitative estimate of drug-likeness (QED) is 0.729. The van der Waals surface area contributed by atoms with Crippen LogP contribution >= 0.6 is 0 Å². The lowest BCUT2D eigenvalue weighted by molar-refractivity contribution is -0.0448. The molecule has 0 aromatic carbocycles. The molecule has 8 heteroatoms. The van der Waals surface area contributed by atoms with Gasteiger partial charge in [-0.3, -0.25) is 0 Å². The first-order valence-corrected chi connectivity index (χ1v) is 5.60. The smallest absolute Gasteiger partial charge is 0.313 e. The van der Waals surface area contributed by atoms with Gasteiger partial charge in [-0.15, -0.1) is 0 Å². The van der Waals surface area contributed by atoms with E-state index in [1.54, 1.807) is 0 Å². The van der Waals surface area contributed by atoms with Crippen molar-refractivity contribution in [1.29, 1.82) is 0 Å². The molecule has 4 nitrogen and oxygen atoms in total. The van der Waals surface area contributed by atoms with Crippen LogP contribution in [0.4, 0.5) is 13.2 Å². The van der Waals surface area contributed by atoms with Crippen molar-refractivity contribution in [3.63, 3.8) is 0 Å². The molecule has 1 fully saturated rings. The molecule has 0 unspecified atom stereocenters. The lowest BCUT2D eigenvalue weighted by atomic mass is 10.2.